The maximum absolute atomic E-state index is 13.2. The summed E-state index contributed by atoms with van der Waals surface area (Å²) in [4.78, 5) is 12.2. The Morgan fingerprint density at radius 1 is 1.00 bits per heavy atom. The molecule has 5 heteroatoms. The Hall–Kier alpha value is -3.08. The lowest BCUT2D eigenvalue weighted by molar-refractivity contribution is -0.122. The summed E-state index contributed by atoms with van der Waals surface area (Å²) in [5, 5.41) is 4.63. The van der Waals surface area contributed by atoms with Gasteiger partial charge in [-0.05, 0) is 60.2 Å². The number of ether oxygens (including phenoxy) is 2. The molecule has 3 rings (SSSR count). The lowest BCUT2D eigenvalue weighted by Crippen LogP contribution is -2.30. The molecule has 4 nitrogen and oxygen atoms in total. The Labute approximate surface area is 145 Å². The number of fused-ring (bicyclic) bond motifs is 1. The molecule has 3 aromatic rings. The van der Waals surface area contributed by atoms with Crippen molar-refractivity contribution < 1.29 is 18.7 Å². The maximum atomic E-state index is 13.2. The first-order valence-electron chi connectivity index (χ1n) is 7.86. The Morgan fingerprint density at radius 3 is 2.44 bits per heavy atom. The molecule has 0 unspecified atom stereocenters. The molecule has 0 aliphatic heterocycles. The molecule has 0 radical (unpaired) electrons. The minimum absolute atomic E-state index is 0.351. The molecule has 0 bridgehead atoms. The molecule has 0 fully saturated rings. The van der Waals surface area contributed by atoms with Gasteiger partial charge in [0.2, 0.25) is 0 Å². The number of amides is 1. The molecule has 0 aromatic heterocycles. The number of methoxy groups -OCH3 is 1. The molecule has 1 atom stereocenters. The van der Waals surface area contributed by atoms with Crippen molar-refractivity contribution in [2.45, 2.75) is 13.0 Å². The molecular formula is C20H18FNO3. The zero-order valence-electron chi connectivity index (χ0n) is 14.0. The number of halogens is 1. The second kappa shape index (κ2) is 7.21. The fourth-order valence-corrected chi connectivity index (χ4v) is 2.47. The molecule has 0 saturated carbocycles. The summed E-state index contributed by atoms with van der Waals surface area (Å²) in [5.41, 5.74) is 0.392. The van der Waals surface area contributed by atoms with Gasteiger partial charge in [0.15, 0.2) is 6.10 Å². The van der Waals surface area contributed by atoms with E-state index >= 15 is 0 Å². The number of benzene rings is 3. The van der Waals surface area contributed by atoms with E-state index in [-0.39, 0.29) is 5.91 Å². The first-order chi connectivity index (χ1) is 12.0. The van der Waals surface area contributed by atoms with Crippen LogP contribution in [-0.2, 0) is 4.79 Å². The van der Waals surface area contributed by atoms with E-state index in [1.807, 2.05) is 30.3 Å². The number of carbonyl (C=O) groups is 1. The SMILES string of the molecule is COc1ccc2ccc(O[C@@H](C)C(=O)Nc3cccc(F)c3)cc2c1. The first-order valence-corrected chi connectivity index (χ1v) is 7.86. The van der Waals surface area contributed by atoms with Gasteiger partial charge in [0.25, 0.3) is 5.91 Å². The molecule has 0 spiro atoms. The largest absolute Gasteiger partial charge is 0.497 e. The van der Waals surface area contributed by atoms with E-state index in [0.717, 1.165) is 16.5 Å². The molecule has 128 valence electrons. The van der Waals surface area contributed by atoms with Gasteiger partial charge < -0.3 is 14.8 Å². The summed E-state index contributed by atoms with van der Waals surface area (Å²) >= 11 is 0. The molecule has 1 amide bonds. The Morgan fingerprint density at radius 2 is 1.72 bits per heavy atom. The van der Waals surface area contributed by atoms with E-state index in [1.54, 1.807) is 26.2 Å². The average molecular weight is 339 g/mol. The molecule has 0 aliphatic rings. The smallest absolute Gasteiger partial charge is 0.265 e. The number of hydrogen-bond acceptors (Lipinski definition) is 3. The van der Waals surface area contributed by atoms with Crippen molar-refractivity contribution in [2.24, 2.45) is 0 Å². The standard InChI is InChI=1S/C20H18FNO3/c1-13(20(23)22-17-5-3-4-16(21)12-17)25-19-9-7-14-6-8-18(24-2)10-15(14)11-19/h3-13H,1-2H3,(H,22,23)/t13-/m0/s1. The van der Waals surface area contributed by atoms with E-state index in [2.05, 4.69) is 5.32 Å². The van der Waals surface area contributed by atoms with Crippen LogP contribution in [0.5, 0.6) is 11.5 Å². The van der Waals surface area contributed by atoms with Crippen LogP contribution < -0.4 is 14.8 Å². The molecule has 1 N–H and O–H groups in total. The van der Waals surface area contributed by atoms with Crippen molar-refractivity contribution in [3.63, 3.8) is 0 Å². The third-order valence-corrected chi connectivity index (χ3v) is 3.79. The third-order valence-electron chi connectivity index (χ3n) is 3.79. The van der Waals surface area contributed by atoms with Crippen molar-refractivity contribution >= 4 is 22.4 Å². The van der Waals surface area contributed by atoms with Gasteiger partial charge in [-0.3, -0.25) is 4.79 Å². The van der Waals surface area contributed by atoms with Gasteiger partial charge in [0, 0.05) is 5.69 Å². The Kier molecular flexibility index (Phi) is 4.84. The highest BCUT2D eigenvalue weighted by Gasteiger charge is 2.15. The number of nitrogens with one attached hydrogen (secondary N) is 1. The maximum Gasteiger partial charge on any atom is 0.265 e. The van der Waals surface area contributed by atoms with Crippen molar-refractivity contribution in [3.8, 4) is 11.5 Å². The van der Waals surface area contributed by atoms with Crippen molar-refractivity contribution in [1.82, 2.24) is 0 Å². The fourth-order valence-electron chi connectivity index (χ4n) is 2.47. The summed E-state index contributed by atoms with van der Waals surface area (Å²) in [6, 6.07) is 17.1. The molecule has 3 aromatic carbocycles. The first kappa shape index (κ1) is 16.8. The van der Waals surface area contributed by atoms with E-state index in [1.165, 1.54) is 18.2 Å². The molecule has 25 heavy (non-hydrogen) atoms. The van der Waals surface area contributed by atoms with Crippen LogP contribution in [0.3, 0.4) is 0 Å². The quantitative estimate of drug-likeness (QED) is 0.750. The number of rotatable bonds is 5. The normalized spacial score (nSPS) is 11.8. The van der Waals surface area contributed by atoms with Crippen LogP contribution in [0, 0.1) is 5.82 Å². The Bertz CT molecular complexity index is 910. The lowest BCUT2D eigenvalue weighted by atomic mass is 10.1. The second-order valence-corrected chi connectivity index (χ2v) is 5.63. The molecule has 0 heterocycles. The van der Waals surface area contributed by atoms with Gasteiger partial charge in [-0.15, -0.1) is 0 Å². The monoisotopic (exact) mass is 339 g/mol. The number of carbonyl (C=O) groups excluding carboxylic acids is 1. The lowest BCUT2D eigenvalue weighted by Gasteiger charge is -2.15. The average Bonchev–Trinajstić information content (AvgIpc) is 2.61. The highest BCUT2D eigenvalue weighted by atomic mass is 19.1. The summed E-state index contributed by atoms with van der Waals surface area (Å²) in [7, 11) is 1.61. The fraction of sp³-hybridized carbons (Fsp3) is 0.150. The van der Waals surface area contributed by atoms with Crippen molar-refractivity contribution in [1.29, 1.82) is 0 Å². The van der Waals surface area contributed by atoms with Crippen LogP contribution >= 0.6 is 0 Å². The molecule has 0 aliphatic carbocycles. The zero-order valence-corrected chi connectivity index (χ0v) is 14.0. The van der Waals surface area contributed by atoms with Gasteiger partial charge in [0.05, 0.1) is 7.11 Å². The highest BCUT2D eigenvalue weighted by molar-refractivity contribution is 5.94. The second-order valence-electron chi connectivity index (χ2n) is 5.63. The summed E-state index contributed by atoms with van der Waals surface area (Å²) < 4.78 is 24.1. The predicted molar refractivity (Wildman–Crippen MR) is 95.6 cm³/mol. The topological polar surface area (TPSA) is 47.6 Å². The summed E-state index contributed by atoms with van der Waals surface area (Å²) in [6.07, 6.45) is -0.730. The van der Waals surface area contributed by atoms with E-state index in [9.17, 15) is 9.18 Å². The van der Waals surface area contributed by atoms with Crippen LogP contribution in [0.15, 0.2) is 60.7 Å². The van der Waals surface area contributed by atoms with Gasteiger partial charge in [-0.1, -0.05) is 18.2 Å². The van der Waals surface area contributed by atoms with Crippen molar-refractivity contribution in [2.75, 3.05) is 12.4 Å². The van der Waals surface area contributed by atoms with Crippen LogP contribution in [0.2, 0.25) is 0 Å². The molecular weight excluding hydrogens is 321 g/mol. The van der Waals surface area contributed by atoms with Gasteiger partial charge >= 0.3 is 0 Å². The Balaban J connectivity index is 1.72. The third kappa shape index (κ3) is 4.07. The minimum atomic E-state index is -0.730. The zero-order chi connectivity index (χ0) is 17.8. The van der Waals surface area contributed by atoms with Crippen LogP contribution in [-0.4, -0.2) is 19.1 Å². The van der Waals surface area contributed by atoms with Crippen molar-refractivity contribution in [3.05, 3.63) is 66.5 Å². The van der Waals surface area contributed by atoms with Gasteiger partial charge in [0.1, 0.15) is 17.3 Å². The summed E-state index contributed by atoms with van der Waals surface area (Å²) in [5.74, 6) is 0.565. The van der Waals surface area contributed by atoms with Gasteiger partial charge in [-0.2, -0.15) is 0 Å². The highest BCUT2D eigenvalue weighted by Crippen LogP contribution is 2.25. The number of hydrogen-bond donors (Lipinski definition) is 1. The minimum Gasteiger partial charge on any atom is -0.497 e. The number of anilines is 1. The van der Waals surface area contributed by atoms with E-state index < -0.39 is 11.9 Å². The van der Waals surface area contributed by atoms with Crippen LogP contribution in [0.25, 0.3) is 10.8 Å². The predicted octanol–water partition coefficient (Wildman–Crippen LogP) is 4.39. The van der Waals surface area contributed by atoms with Crippen LogP contribution in [0.1, 0.15) is 6.92 Å². The van der Waals surface area contributed by atoms with Crippen LogP contribution in [0.4, 0.5) is 10.1 Å². The van der Waals surface area contributed by atoms with E-state index in [0.29, 0.717) is 11.4 Å². The van der Waals surface area contributed by atoms with E-state index in [4.69, 9.17) is 9.47 Å². The molecule has 0 saturated heterocycles. The summed E-state index contributed by atoms with van der Waals surface area (Å²) in [6.45, 7) is 1.64. The van der Waals surface area contributed by atoms with Gasteiger partial charge in [-0.25, -0.2) is 4.39 Å².